The van der Waals surface area contributed by atoms with Gasteiger partial charge in [0, 0.05) is 11.5 Å². The molecule has 0 aliphatic heterocycles. The maximum absolute atomic E-state index is 10.8. The van der Waals surface area contributed by atoms with Gasteiger partial charge in [0.05, 0.1) is 6.61 Å². The van der Waals surface area contributed by atoms with Crippen molar-refractivity contribution in [2.75, 3.05) is 6.61 Å². The van der Waals surface area contributed by atoms with Crippen LogP contribution in [0, 0.1) is 12.8 Å². The summed E-state index contributed by atoms with van der Waals surface area (Å²) in [6, 6.07) is 1.72. The molecule has 17 heavy (non-hydrogen) atoms. The molecule has 0 saturated carbocycles. The number of ether oxygens (including phenoxy) is 1. The molecule has 4 heteroatoms. The van der Waals surface area contributed by atoms with Crippen LogP contribution in [0.1, 0.15) is 46.8 Å². The number of carbonyl (C=O) groups is 1. The minimum Gasteiger partial charge on any atom is -0.477 e. The van der Waals surface area contributed by atoms with Crippen LogP contribution in [0.2, 0.25) is 0 Å². The summed E-state index contributed by atoms with van der Waals surface area (Å²) in [5.74, 6) is -0.290. The van der Waals surface area contributed by atoms with Gasteiger partial charge in [0.2, 0.25) is 0 Å². The maximum atomic E-state index is 10.8. The van der Waals surface area contributed by atoms with Crippen LogP contribution in [0.4, 0.5) is 0 Å². The Morgan fingerprint density at radius 2 is 2.29 bits per heavy atom. The standard InChI is InChI=1S/C13H20O3S/c1-4-5-9(2)7-16-8-11-6-12(13(14)15)17-10(11)3/h6,9H,4-5,7-8H2,1-3H3,(H,14,15). The van der Waals surface area contributed by atoms with Crippen molar-refractivity contribution >= 4 is 17.3 Å². The number of hydrogen-bond acceptors (Lipinski definition) is 3. The molecule has 0 radical (unpaired) electrons. The van der Waals surface area contributed by atoms with E-state index >= 15 is 0 Å². The topological polar surface area (TPSA) is 46.5 Å². The Hall–Kier alpha value is -0.870. The van der Waals surface area contributed by atoms with Crippen LogP contribution in [-0.2, 0) is 11.3 Å². The molecule has 96 valence electrons. The number of rotatable bonds is 7. The average molecular weight is 256 g/mol. The van der Waals surface area contributed by atoms with Crippen LogP contribution in [-0.4, -0.2) is 17.7 Å². The van der Waals surface area contributed by atoms with Crippen LogP contribution >= 0.6 is 11.3 Å². The van der Waals surface area contributed by atoms with E-state index in [9.17, 15) is 4.79 Å². The number of thiophene rings is 1. The fourth-order valence-electron chi connectivity index (χ4n) is 1.71. The molecular formula is C13H20O3S. The number of carboxylic acid groups (broad SMARTS) is 1. The Morgan fingerprint density at radius 1 is 1.59 bits per heavy atom. The Kier molecular flexibility index (Phi) is 5.65. The van der Waals surface area contributed by atoms with E-state index in [4.69, 9.17) is 9.84 Å². The molecule has 1 aromatic rings. The molecule has 1 aromatic heterocycles. The van der Waals surface area contributed by atoms with Gasteiger partial charge in [-0.2, -0.15) is 0 Å². The SMILES string of the molecule is CCCC(C)COCc1cc(C(=O)O)sc1C. The van der Waals surface area contributed by atoms with Gasteiger partial charge < -0.3 is 9.84 Å². The zero-order valence-electron chi connectivity index (χ0n) is 10.7. The first-order valence-electron chi connectivity index (χ1n) is 5.95. The minimum absolute atomic E-state index is 0.391. The summed E-state index contributed by atoms with van der Waals surface area (Å²) in [5, 5.41) is 8.88. The van der Waals surface area contributed by atoms with Crippen molar-refractivity contribution in [2.45, 2.75) is 40.2 Å². The highest BCUT2D eigenvalue weighted by Crippen LogP contribution is 2.22. The van der Waals surface area contributed by atoms with E-state index in [1.165, 1.54) is 24.2 Å². The quantitative estimate of drug-likeness (QED) is 0.809. The van der Waals surface area contributed by atoms with Crippen LogP contribution in [0.15, 0.2) is 6.07 Å². The number of hydrogen-bond donors (Lipinski definition) is 1. The lowest BCUT2D eigenvalue weighted by atomic mass is 10.1. The predicted octanol–water partition coefficient (Wildman–Crippen LogP) is 3.71. The molecule has 1 rings (SSSR count). The van der Waals surface area contributed by atoms with E-state index < -0.39 is 5.97 Å². The molecule has 3 nitrogen and oxygen atoms in total. The van der Waals surface area contributed by atoms with Crippen molar-refractivity contribution in [3.63, 3.8) is 0 Å². The van der Waals surface area contributed by atoms with E-state index in [-0.39, 0.29) is 0 Å². The second kappa shape index (κ2) is 6.77. The van der Waals surface area contributed by atoms with Crippen LogP contribution in [0.25, 0.3) is 0 Å². The first-order chi connectivity index (χ1) is 8.04. The fourth-order valence-corrected chi connectivity index (χ4v) is 2.58. The van der Waals surface area contributed by atoms with E-state index in [0.29, 0.717) is 17.4 Å². The first-order valence-corrected chi connectivity index (χ1v) is 6.76. The molecule has 1 atom stereocenters. The third-order valence-electron chi connectivity index (χ3n) is 2.67. The van der Waals surface area contributed by atoms with Gasteiger partial charge >= 0.3 is 5.97 Å². The molecule has 0 spiro atoms. The third-order valence-corrected chi connectivity index (χ3v) is 3.75. The lowest BCUT2D eigenvalue weighted by molar-refractivity contribution is 0.0701. The van der Waals surface area contributed by atoms with Crippen LogP contribution in [0.3, 0.4) is 0 Å². The summed E-state index contributed by atoms with van der Waals surface area (Å²) in [6.07, 6.45) is 2.34. The van der Waals surface area contributed by atoms with Gasteiger partial charge in [-0.15, -0.1) is 11.3 Å². The molecule has 0 amide bonds. The maximum Gasteiger partial charge on any atom is 0.345 e. The lowest BCUT2D eigenvalue weighted by Gasteiger charge is -2.10. The number of carboxylic acids is 1. The lowest BCUT2D eigenvalue weighted by Crippen LogP contribution is -2.05. The number of aryl methyl sites for hydroxylation is 1. The minimum atomic E-state index is -0.858. The summed E-state index contributed by atoms with van der Waals surface area (Å²) in [4.78, 5) is 12.2. The summed E-state index contributed by atoms with van der Waals surface area (Å²) in [6.45, 7) is 7.53. The molecule has 0 saturated heterocycles. The van der Waals surface area contributed by atoms with Gasteiger partial charge in [-0.25, -0.2) is 4.79 Å². The zero-order valence-corrected chi connectivity index (χ0v) is 11.5. The second-order valence-corrected chi connectivity index (χ2v) is 5.66. The molecule has 1 heterocycles. The Balaban J connectivity index is 2.44. The van der Waals surface area contributed by atoms with Crippen molar-refractivity contribution in [1.82, 2.24) is 0 Å². The Bertz CT molecular complexity index is 371. The Labute approximate surface area is 106 Å². The molecule has 1 N–H and O–H groups in total. The van der Waals surface area contributed by atoms with Crippen LogP contribution in [0.5, 0.6) is 0 Å². The monoisotopic (exact) mass is 256 g/mol. The van der Waals surface area contributed by atoms with Gasteiger partial charge in [-0.05, 0) is 30.9 Å². The predicted molar refractivity (Wildman–Crippen MR) is 69.7 cm³/mol. The van der Waals surface area contributed by atoms with Crippen molar-refractivity contribution < 1.29 is 14.6 Å². The Morgan fingerprint density at radius 3 is 2.82 bits per heavy atom. The normalized spacial score (nSPS) is 12.6. The third kappa shape index (κ3) is 4.48. The first kappa shape index (κ1) is 14.2. The molecular weight excluding hydrogens is 236 g/mol. The van der Waals surface area contributed by atoms with Crippen molar-refractivity contribution in [1.29, 1.82) is 0 Å². The highest BCUT2D eigenvalue weighted by molar-refractivity contribution is 7.14. The van der Waals surface area contributed by atoms with Crippen LogP contribution < -0.4 is 0 Å². The van der Waals surface area contributed by atoms with E-state index in [2.05, 4.69) is 13.8 Å². The second-order valence-electron chi connectivity index (χ2n) is 4.41. The summed E-state index contributed by atoms with van der Waals surface area (Å²) in [5.41, 5.74) is 0.996. The summed E-state index contributed by atoms with van der Waals surface area (Å²) < 4.78 is 5.62. The molecule has 0 aromatic carbocycles. The highest BCUT2D eigenvalue weighted by Gasteiger charge is 2.11. The average Bonchev–Trinajstić information content (AvgIpc) is 2.61. The zero-order chi connectivity index (χ0) is 12.8. The van der Waals surface area contributed by atoms with Gasteiger partial charge in [0.25, 0.3) is 0 Å². The van der Waals surface area contributed by atoms with Gasteiger partial charge in [0.1, 0.15) is 4.88 Å². The largest absolute Gasteiger partial charge is 0.477 e. The summed E-state index contributed by atoms with van der Waals surface area (Å²) >= 11 is 1.31. The van der Waals surface area contributed by atoms with E-state index in [0.717, 1.165) is 17.0 Å². The van der Waals surface area contributed by atoms with Gasteiger partial charge in [-0.3, -0.25) is 0 Å². The van der Waals surface area contributed by atoms with Crippen molar-refractivity contribution in [3.05, 3.63) is 21.4 Å². The molecule has 0 aliphatic carbocycles. The van der Waals surface area contributed by atoms with E-state index in [1.807, 2.05) is 6.92 Å². The van der Waals surface area contributed by atoms with Gasteiger partial charge in [0.15, 0.2) is 0 Å². The smallest absolute Gasteiger partial charge is 0.345 e. The summed E-state index contributed by atoms with van der Waals surface area (Å²) in [7, 11) is 0. The van der Waals surface area contributed by atoms with Crippen molar-refractivity contribution in [3.8, 4) is 0 Å². The molecule has 0 aliphatic rings. The molecule has 0 fully saturated rings. The molecule has 0 bridgehead atoms. The number of aromatic carboxylic acids is 1. The van der Waals surface area contributed by atoms with Gasteiger partial charge in [-0.1, -0.05) is 20.3 Å². The molecule has 1 unspecified atom stereocenters. The van der Waals surface area contributed by atoms with Crippen molar-refractivity contribution in [2.24, 2.45) is 5.92 Å². The fraction of sp³-hybridized carbons (Fsp3) is 0.615. The van der Waals surface area contributed by atoms with E-state index in [1.54, 1.807) is 6.07 Å². The highest BCUT2D eigenvalue weighted by atomic mass is 32.1.